The number of anilines is 1. The van der Waals surface area contributed by atoms with E-state index in [4.69, 9.17) is 5.11 Å². The molecule has 0 saturated heterocycles. The van der Waals surface area contributed by atoms with Crippen LogP contribution in [0.5, 0.6) is 0 Å². The Labute approximate surface area is 141 Å². The maximum Gasteiger partial charge on any atom is 0.338 e. The normalized spacial score (nSPS) is 10.5. The summed E-state index contributed by atoms with van der Waals surface area (Å²) in [6, 6.07) is 1.43. The van der Waals surface area contributed by atoms with Crippen LogP contribution in [-0.4, -0.2) is 22.8 Å². The number of carboxylic acids is 1. The maximum atomic E-state index is 11.8. The van der Waals surface area contributed by atoms with E-state index in [1.54, 1.807) is 5.38 Å². The van der Waals surface area contributed by atoms with E-state index in [0.29, 0.717) is 6.42 Å². The van der Waals surface area contributed by atoms with E-state index in [1.165, 1.54) is 31.7 Å². The molecular formula is C17H25NO4S. The van der Waals surface area contributed by atoms with Crippen molar-refractivity contribution in [1.82, 2.24) is 0 Å². The third kappa shape index (κ3) is 7.93. The molecule has 0 atom stereocenters. The van der Waals surface area contributed by atoms with Crippen molar-refractivity contribution in [3.8, 4) is 0 Å². The minimum atomic E-state index is -1.09. The second-order valence-electron chi connectivity index (χ2n) is 5.60. The molecule has 1 aromatic heterocycles. The second kappa shape index (κ2) is 10.9. The predicted octanol–water partition coefficient (Wildman–Crippen LogP) is 4.48. The fourth-order valence-electron chi connectivity index (χ4n) is 2.29. The number of carbonyl (C=O) groups excluding carboxylic acids is 2. The number of unbranched alkanes of at least 4 members (excludes halogenated alkanes) is 6. The Kier molecular flexibility index (Phi) is 9.21. The van der Waals surface area contributed by atoms with Crippen molar-refractivity contribution >= 4 is 34.0 Å². The number of nitrogens with one attached hydrogen (secondary N) is 1. The quantitative estimate of drug-likeness (QED) is 0.434. The van der Waals surface area contributed by atoms with Gasteiger partial charge in [-0.1, -0.05) is 45.4 Å². The third-order valence-corrected chi connectivity index (χ3v) is 4.40. The van der Waals surface area contributed by atoms with E-state index in [9.17, 15) is 14.4 Å². The first-order chi connectivity index (χ1) is 11.0. The first-order valence-electron chi connectivity index (χ1n) is 8.17. The van der Waals surface area contributed by atoms with Gasteiger partial charge in [-0.05, 0) is 17.9 Å². The molecule has 128 valence electrons. The van der Waals surface area contributed by atoms with Crippen LogP contribution in [0.1, 0.15) is 75.1 Å². The Morgan fingerprint density at radius 3 is 2.39 bits per heavy atom. The van der Waals surface area contributed by atoms with E-state index in [2.05, 4.69) is 12.2 Å². The van der Waals surface area contributed by atoms with Crippen LogP contribution >= 0.6 is 11.3 Å². The fourth-order valence-corrected chi connectivity index (χ4v) is 3.09. The Bertz CT molecular complexity index is 524. The number of thiophene rings is 1. The molecule has 5 nitrogen and oxygen atoms in total. The number of aromatic carboxylic acids is 1. The number of ketones is 1. The van der Waals surface area contributed by atoms with Crippen molar-refractivity contribution in [2.24, 2.45) is 0 Å². The Balaban J connectivity index is 2.20. The van der Waals surface area contributed by atoms with Gasteiger partial charge in [-0.25, -0.2) is 4.79 Å². The average Bonchev–Trinajstić information content (AvgIpc) is 2.94. The van der Waals surface area contributed by atoms with Crippen molar-refractivity contribution in [2.45, 2.75) is 64.7 Å². The van der Waals surface area contributed by atoms with Crippen LogP contribution in [0.3, 0.4) is 0 Å². The standard InChI is InChI=1S/C17H25NO4S/c1-2-3-4-5-6-7-8-9-13(19)12-15(20)18-16-14(17(21)22)10-11-23-16/h10-11H,2-9,12H2,1H3,(H,18,20)(H,21,22). The minimum Gasteiger partial charge on any atom is -0.478 e. The third-order valence-electron chi connectivity index (χ3n) is 3.57. The van der Waals surface area contributed by atoms with Gasteiger partial charge < -0.3 is 10.4 Å². The summed E-state index contributed by atoms with van der Waals surface area (Å²) in [6.07, 6.45) is 8.14. The molecule has 0 saturated carbocycles. The van der Waals surface area contributed by atoms with E-state index < -0.39 is 11.9 Å². The lowest BCUT2D eigenvalue weighted by atomic mass is 10.1. The van der Waals surface area contributed by atoms with E-state index in [-0.39, 0.29) is 22.8 Å². The molecule has 0 aliphatic heterocycles. The van der Waals surface area contributed by atoms with E-state index >= 15 is 0 Å². The molecule has 23 heavy (non-hydrogen) atoms. The van der Waals surface area contributed by atoms with E-state index in [0.717, 1.165) is 30.6 Å². The monoisotopic (exact) mass is 339 g/mol. The van der Waals surface area contributed by atoms with Gasteiger partial charge in [-0.2, -0.15) is 0 Å². The smallest absolute Gasteiger partial charge is 0.338 e. The minimum absolute atomic E-state index is 0.0582. The van der Waals surface area contributed by atoms with Gasteiger partial charge in [0, 0.05) is 6.42 Å². The second-order valence-corrected chi connectivity index (χ2v) is 6.52. The molecule has 0 bridgehead atoms. The summed E-state index contributed by atoms with van der Waals surface area (Å²) in [7, 11) is 0. The first kappa shape index (κ1) is 19.4. The van der Waals surface area contributed by atoms with Crippen molar-refractivity contribution in [3.05, 3.63) is 17.0 Å². The molecule has 1 aromatic rings. The number of Topliss-reactive ketones (excluding diaryl/α,β-unsaturated/α-hetero) is 1. The molecule has 0 aliphatic carbocycles. The van der Waals surface area contributed by atoms with Crippen molar-refractivity contribution in [3.63, 3.8) is 0 Å². The summed E-state index contributed by atoms with van der Waals surface area (Å²) in [5.74, 6) is -1.62. The van der Waals surface area contributed by atoms with Gasteiger partial charge in [0.2, 0.25) is 5.91 Å². The van der Waals surface area contributed by atoms with E-state index in [1.807, 2.05) is 0 Å². The lowest BCUT2D eigenvalue weighted by Gasteiger charge is -2.04. The van der Waals surface area contributed by atoms with Crippen LogP contribution < -0.4 is 5.32 Å². The van der Waals surface area contributed by atoms with Crippen LogP contribution in [0.15, 0.2) is 11.4 Å². The molecule has 0 aliphatic rings. The van der Waals surface area contributed by atoms with Crippen LogP contribution in [0.25, 0.3) is 0 Å². The van der Waals surface area contributed by atoms with Crippen LogP contribution in [0.2, 0.25) is 0 Å². The number of rotatable bonds is 12. The SMILES string of the molecule is CCCCCCCCCC(=O)CC(=O)Nc1sccc1C(=O)O. The highest BCUT2D eigenvalue weighted by atomic mass is 32.1. The molecule has 0 unspecified atom stereocenters. The molecule has 1 rings (SSSR count). The van der Waals surface area contributed by atoms with Crippen LogP contribution in [0.4, 0.5) is 5.00 Å². The lowest BCUT2D eigenvalue weighted by Crippen LogP contribution is -2.17. The number of carbonyl (C=O) groups is 3. The molecule has 0 radical (unpaired) electrons. The highest BCUT2D eigenvalue weighted by molar-refractivity contribution is 7.14. The molecule has 1 amide bonds. The van der Waals surface area contributed by atoms with Gasteiger partial charge in [0.15, 0.2) is 0 Å². The summed E-state index contributed by atoms with van der Waals surface area (Å²) in [6.45, 7) is 2.18. The summed E-state index contributed by atoms with van der Waals surface area (Å²) in [4.78, 5) is 34.5. The van der Waals surface area contributed by atoms with Gasteiger partial charge in [0.25, 0.3) is 0 Å². The summed E-state index contributed by atoms with van der Waals surface area (Å²) < 4.78 is 0. The topological polar surface area (TPSA) is 83.5 Å². The predicted molar refractivity (Wildman–Crippen MR) is 92.1 cm³/mol. The summed E-state index contributed by atoms with van der Waals surface area (Å²) >= 11 is 1.14. The molecule has 0 spiro atoms. The summed E-state index contributed by atoms with van der Waals surface area (Å²) in [5.41, 5.74) is 0.0582. The Morgan fingerprint density at radius 2 is 1.74 bits per heavy atom. The average molecular weight is 339 g/mol. The molecule has 0 aromatic carbocycles. The number of hydrogen-bond acceptors (Lipinski definition) is 4. The largest absolute Gasteiger partial charge is 0.478 e. The molecule has 6 heteroatoms. The van der Waals surface area contributed by atoms with Crippen molar-refractivity contribution < 1.29 is 19.5 Å². The Morgan fingerprint density at radius 1 is 1.09 bits per heavy atom. The zero-order chi connectivity index (χ0) is 17.1. The molecule has 0 fully saturated rings. The zero-order valence-corrected chi connectivity index (χ0v) is 14.4. The van der Waals surface area contributed by atoms with Gasteiger partial charge in [0.05, 0.1) is 12.0 Å². The van der Waals surface area contributed by atoms with Crippen LogP contribution in [0, 0.1) is 0 Å². The van der Waals surface area contributed by atoms with Crippen molar-refractivity contribution in [1.29, 1.82) is 0 Å². The molecule has 2 N–H and O–H groups in total. The summed E-state index contributed by atoms with van der Waals surface area (Å²) in [5, 5.41) is 13.3. The van der Waals surface area contributed by atoms with Gasteiger partial charge in [-0.3, -0.25) is 9.59 Å². The molecule has 1 heterocycles. The molecular weight excluding hydrogens is 314 g/mol. The van der Waals surface area contributed by atoms with Gasteiger partial charge in [-0.15, -0.1) is 11.3 Å². The van der Waals surface area contributed by atoms with Gasteiger partial charge in [0.1, 0.15) is 10.8 Å². The van der Waals surface area contributed by atoms with Crippen LogP contribution in [-0.2, 0) is 9.59 Å². The highest BCUT2D eigenvalue weighted by Crippen LogP contribution is 2.23. The number of amides is 1. The van der Waals surface area contributed by atoms with Gasteiger partial charge >= 0.3 is 5.97 Å². The highest BCUT2D eigenvalue weighted by Gasteiger charge is 2.15. The van der Waals surface area contributed by atoms with Crippen molar-refractivity contribution in [2.75, 3.05) is 5.32 Å². The fraction of sp³-hybridized carbons (Fsp3) is 0.588. The number of carboxylic acid groups (broad SMARTS) is 1. The lowest BCUT2D eigenvalue weighted by molar-refractivity contribution is -0.125. The zero-order valence-electron chi connectivity index (χ0n) is 13.6. The first-order valence-corrected chi connectivity index (χ1v) is 9.05. The number of hydrogen-bond donors (Lipinski definition) is 2. The maximum absolute atomic E-state index is 11.8. The Hall–Kier alpha value is -1.69.